The lowest BCUT2D eigenvalue weighted by Crippen LogP contribution is -2.09. The minimum atomic E-state index is -1.11. The van der Waals surface area contributed by atoms with Crippen molar-refractivity contribution in [2.45, 2.75) is 19.8 Å². The first-order chi connectivity index (χ1) is 14.4. The first-order valence-electron chi connectivity index (χ1n) is 9.36. The summed E-state index contributed by atoms with van der Waals surface area (Å²) in [5.74, 6) is -1.31. The first-order valence-corrected chi connectivity index (χ1v) is 10.2. The van der Waals surface area contributed by atoms with E-state index in [2.05, 4.69) is 9.97 Å². The Balaban J connectivity index is 1.92. The van der Waals surface area contributed by atoms with Gasteiger partial charge < -0.3 is 14.9 Å². The molecule has 0 aliphatic carbocycles. The second kappa shape index (κ2) is 6.77. The molecule has 2 N–H and O–H groups in total. The number of aryl methyl sites for hydroxylation is 1. The van der Waals surface area contributed by atoms with Crippen LogP contribution in [0, 0.1) is 6.92 Å². The minimum Gasteiger partial charge on any atom is -0.493 e. The van der Waals surface area contributed by atoms with E-state index in [1.165, 1.54) is 0 Å². The Morgan fingerprint density at radius 3 is 2.83 bits per heavy atom. The third-order valence-electron chi connectivity index (χ3n) is 5.36. The van der Waals surface area contributed by atoms with E-state index < -0.39 is 11.9 Å². The molecule has 0 radical (unpaired) electrons. The molecule has 0 saturated carbocycles. The normalized spacial score (nSPS) is 12.8. The highest BCUT2D eigenvalue weighted by atomic mass is 32.1. The zero-order valence-corrected chi connectivity index (χ0v) is 16.7. The van der Waals surface area contributed by atoms with E-state index in [1.807, 2.05) is 25.1 Å². The maximum atomic E-state index is 11.6. The number of nitrogens with zero attached hydrogens (tertiary/aromatic N) is 2. The van der Waals surface area contributed by atoms with E-state index in [-0.39, 0.29) is 11.4 Å². The highest BCUT2D eigenvalue weighted by molar-refractivity contribution is 7.20. The van der Waals surface area contributed by atoms with Gasteiger partial charge in [-0.2, -0.15) is 0 Å². The minimum absolute atomic E-state index is 0.0304. The summed E-state index contributed by atoms with van der Waals surface area (Å²) in [6.07, 6.45) is 2.33. The summed E-state index contributed by atoms with van der Waals surface area (Å²) < 4.78 is 6.45. The van der Waals surface area contributed by atoms with Gasteiger partial charge in [-0.3, -0.25) is 9.78 Å². The third-order valence-corrected chi connectivity index (χ3v) is 6.44. The van der Waals surface area contributed by atoms with Crippen LogP contribution in [0.2, 0.25) is 0 Å². The Kier molecular flexibility index (Phi) is 4.18. The highest BCUT2D eigenvalue weighted by Crippen LogP contribution is 2.43. The summed E-state index contributed by atoms with van der Waals surface area (Å²) in [5, 5.41) is 19.9. The van der Waals surface area contributed by atoms with Gasteiger partial charge in [0, 0.05) is 29.1 Å². The molecule has 2 aromatic carbocycles. The number of fused-ring (bicyclic) bond motifs is 1. The molecule has 150 valence electrons. The van der Waals surface area contributed by atoms with Gasteiger partial charge in [-0.1, -0.05) is 0 Å². The smallest absolute Gasteiger partial charge is 0.365 e. The van der Waals surface area contributed by atoms with Crippen LogP contribution in [0.4, 0.5) is 0 Å². The summed E-state index contributed by atoms with van der Waals surface area (Å²) in [5.41, 5.74) is 5.20. The number of aromatic carboxylic acids is 1. The van der Waals surface area contributed by atoms with Crippen molar-refractivity contribution >= 4 is 44.4 Å². The van der Waals surface area contributed by atoms with E-state index in [1.54, 1.807) is 12.3 Å². The lowest BCUT2D eigenvalue weighted by atomic mass is 9.90. The van der Waals surface area contributed by atoms with Crippen molar-refractivity contribution in [2.24, 2.45) is 0 Å². The number of pyridine rings is 1. The molecule has 1 aliphatic heterocycles. The van der Waals surface area contributed by atoms with Crippen LogP contribution < -0.4 is 4.74 Å². The van der Waals surface area contributed by atoms with Crippen molar-refractivity contribution in [3.05, 3.63) is 52.2 Å². The van der Waals surface area contributed by atoms with Gasteiger partial charge in [0.15, 0.2) is 0 Å². The van der Waals surface area contributed by atoms with Crippen LogP contribution in [0.15, 0.2) is 30.5 Å². The maximum Gasteiger partial charge on any atom is 0.365 e. The number of rotatable bonds is 4. The first kappa shape index (κ1) is 18.5. The van der Waals surface area contributed by atoms with Crippen molar-refractivity contribution in [1.29, 1.82) is 0 Å². The van der Waals surface area contributed by atoms with Gasteiger partial charge in [-0.05, 0) is 47.9 Å². The molecular formula is C22H16N2O5S. The Bertz CT molecular complexity index is 1370. The molecule has 0 amide bonds. The standard InChI is InChI=1S/C22H16N2O5S/c1-10-8-14-20(30-21(24-14)22(27)28)18(13(10)9-16(25)26)12-2-3-15-17-11(5-7-29-15)4-6-23-19(12)17/h2-4,6,8H,5,7,9H2,1H3,(H,25,26)(H,27,28). The molecule has 4 aromatic rings. The number of aliphatic carboxylic acids is 1. The predicted molar refractivity (Wildman–Crippen MR) is 113 cm³/mol. The summed E-state index contributed by atoms with van der Waals surface area (Å²) in [6, 6.07) is 7.47. The third kappa shape index (κ3) is 2.80. The van der Waals surface area contributed by atoms with E-state index in [0.717, 1.165) is 45.6 Å². The average Bonchev–Trinajstić information content (AvgIpc) is 3.13. The topological polar surface area (TPSA) is 110 Å². The number of carboxylic acid groups (broad SMARTS) is 2. The van der Waals surface area contributed by atoms with Crippen molar-refractivity contribution < 1.29 is 24.5 Å². The monoisotopic (exact) mass is 420 g/mol. The zero-order valence-electron chi connectivity index (χ0n) is 15.9. The van der Waals surface area contributed by atoms with Gasteiger partial charge in [-0.25, -0.2) is 9.78 Å². The average molecular weight is 420 g/mol. The van der Waals surface area contributed by atoms with Crippen molar-refractivity contribution in [3.63, 3.8) is 0 Å². The second-order valence-electron chi connectivity index (χ2n) is 7.19. The Hall–Kier alpha value is -3.52. The molecule has 0 unspecified atom stereocenters. The number of hydrogen-bond acceptors (Lipinski definition) is 6. The number of benzene rings is 2. The van der Waals surface area contributed by atoms with Crippen LogP contribution in [-0.2, 0) is 17.6 Å². The van der Waals surface area contributed by atoms with Crippen LogP contribution in [0.5, 0.6) is 5.75 Å². The van der Waals surface area contributed by atoms with Crippen molar-refractivity contribution in [1.82, 2.24) is 9.97 Å². The van der Waals surface area contributed by atoms with E-state index >= 15 is 0 Å². The van der Waals surface area contributed by atoms with E-state index in [9.17, 15) is 19.8 Å². The van der Waals surface area contributed by atoms with Crippen LogP contribution in [-0.4, -0.2) is 38.7 Å². The molecule has 0 saturated heterocycles. The van der Waals surface area contributed by atoms with Gasteiger partial charge >= 0.3 is 11.9 Å². The van der Waals surface area contributed by atoms with E-state index in [0.29, 0.717) is 33.5 Å². The molecule has 2 aromatic heterocycles. The number of carbonyl (C=O) groups is 2. The quantitative estimate of drug-likeness (QED) is 0.512. The van der Waals surface area contributed by atoms with Crippen LogP contribution in [0.1, 0.15) is 26.5 Å². The molecule has 0 fully saturated rings. The fourth-order valence-corrected chi connectivity index (χ4v) is 5.06. The molecule has 0 bridgehead atoms. The fourth-order valence-electron chi connectivity index (χ4n) is 4.09. The van der Waals surface area contributed by atoms with Crippen LogP contribution >= 0.6 is 11.3 Å². The maximum absolute atomic E-state index is 11.6. The summed E-state index contributed by atoms with van der Waals surface area (Å²) in [7, 11) is 0. The number of aromatic nitrogens is 2. The summed E-state index contributed by atoms with van der Waals surface area (Å²) >= 11 is 1.05. The van der Waals surface area contributed by atoms with E-state index in [4.69, 9.17) is 4.74 Å². The van der Waals surface area contributed by atoms with Gasteiger partial charge in [0.05, 0.1) is 28.8 Å². The summed E-state index contributed by atoms with van der Waals surface area (Å²) in [4.78, 5) is 32.0. The Labute approximate surface area is 174 Å². The lowest BCUT2D eigenvalue weighted by molar-refractivity contribution is -0.136. The van der Waals surface area contributed by atoms with Crippen molar-refractivity contribution in [3.8, 4) is 16.9 Å². The SMILES string of the molecule is Cc1cc2nc(C(=O)O)sc2c(-c2ccc3c4c(ccnc24)CCO3)c1CC(=O)O. The molecule has 3 heterocycles. The molecule has 7 nitrogen and oxygen atoms in total. The van der Waals surface area contributed by atoms with Gasteiger partial charge in [-0.15, -0.1) is 11.3 Å². The Morgan fingerprint density at radius 2 is 2.07 bits per heavy atom. The van der Waals surface area contributed by atoms with Gasteiger partial charge in [0.1, 0.15) is 5.75 Å². The molecule has 5 rings (SSSR count). The van der Waals surface area contributed by atoms with Gasteiger partial charge in [0.2, 0.25) is 5.01 Å². The van der Waals surface area contributed by atoms with Gasteiger partial charge in [0.25, 0.3) is 0 Å². The van der Waals surface area contributed by atoms with Crippen molar-refractivity contribution in [2.75, 3.05) is 6.61 Å². The largest absolute Gasteiger partial charge is 0.493 e. The molecule has 0 spiro atoms. The molecule has 30 heavy (non-hydrogen) atoms. The number of ether oxygens (including phenoxy) is 1. The zero-order chi connectivity index (χ0) is 21.0. The lowest BCUT2D eigenvalue weighted by Gasteiger charge is -2.21. The fraction of sp³-hybridized carbons (Fsp3) is 0.182. The molecule has 8 heteroatoms. The Morgan fingerprint density at radius 1 is 1.23 bits per heavy atom. The highest BCUT2D eigenvalue weighted by Gasteiger charge is 2.24. The molecular weight excluding hydrogens is 404 g/mol. The number of hydrogen-bond donors (Lipinski definition) is 2. The predicted octanol–water partition coefficient (Wildman–Crippen LogP) is 4.08. The van der Waals surface area contributed by atoms with Crippen LogP contribution in [0.25, 0.3) is 32.2 Å². The molecule has 1 aliphatic rings. The summed E-state index contributed by atoms with van der Waals surface area (Å²) in [6.45, 7) is 2.42. The molecule has 0 atom stereocenters. The van der Waals surface area contributed by atoms with Crippen LogP contribution in [0.3, 0.4) is 0 Å². The second-order valence-corrected chi connectivity index (χ2v) is 8.19. The number of thiazole rings is 1. The number of carboxylic acids is 2.